The van der Waals surface area contributed by atoms with Crippen molar-refractivity contribution in [1.29, 1.82) is 0 Å². The zero-order valence-corrected chi connectivity index (χ0v) is 8.79. The molecule has 0 saturated carbocycles. The van der Waals surface area contributed by atoms with Crippen LogP contribution in [0.1, 0.15) is 6.42 Å². The number of nitrogens with zero attached hydrogens (tertiary/aromatic N) is 2. The summed E-state index contributed by atoms with van der Waals surface area (Å²) in [6, 6.07) is 5.18. The molecule has 0 aliphatic carbocycles. The van der Waals surface area contributed by atoms with Crippen molar-refractivity contribution in [3.8, 4) is 0 Å². The average molecular weight is 231 g/mol. The van der Waals surface area contributed by atoms with Crippen molar-refractivity contribution >= 4 is 34.9 Å². The molecule has 0 radical (unpaired) electrons. The van der Waals surface area contributed by atoms with Gasteiger partial charge in [0.05, 0.1) is 5.38 Å². The summed E-state index contributed by atoms with van der Waals surface area (Å²) in [5, 5.41) is 0.261. The van der Waals surface area contributed by atoms with Crippen LogP contribution in [0.4, 0.5) is 5.82 Å². The number of carbonyl (C=O) groups excluding carboxylic acids is 1. The van der Waals surface area contributed by atoms with E-state index in [0.29, 0.717) is 23.9 Å². The van der Waals surface area contributed by atoms with Gasteiger partial charge in [0.2, 0.25) is 5.91 Å². The molecule has 1 aromatic heterocycles. The van der Waals surface area contributed by atoms with Crippen molar-refractivity contribution in [2.75, 3.05) is 11.4 Å². The Morgan fingerprint density at radius 2 is 2.29 bits per heavy atom. The summed E-state index contributed by atoms with van der Waals surface area (Å²) < 4.78 is 0. The maximum Gasteiger partial charge on any atom is 0.229 e. The van der Waals surface area contributed by atoms with Crippen LogP contribution in [0, 0.1) is 0 Å². The Bertz CT molecular complexity index is 370. The molecule has 1 amide bonds. The smallest absolute Gasteiger partial charge is 0.229 e. The van der Waals surface area contributed by atoms with Gasteiger partial charge in [0, 0.05) is 13.0 Å². The number of anilines is 1. The molecule has 1 aromatic rings. The summed E-state index contributed by atoms with van der Waals surface area (Å²) in [4.78, 5) is 17.1. The van der Waals surface area contributed by atoms with Crippen LogP contribution in [0.5, 0.6) is 0 Å². The monoisotopic (exact) mass is 230 g/mol. The van der Waals surface area contributed by atoms with Crippen molar-refractivity contribution < 1.29 is 4.79 Å². The van der Waals surface area contributed by atoms with Gasteiger partial charge < -0.3 is 0 Å². The maximum absolute atomic E-state index is 11.5. The van der Waals surface area contributed by atoms with Gasteiger partial charge in [-0.15, -0.1) is 11.6 Å². The van der Waals surface area contributed by atoms with Crippen molar-refractivity contribution in [2.24, 2.45) is 0 Å². The lowest BCUT2D eigenvalue weighted by Crippen LogP contribution is -2.25. The number of amides is 1. The first-order valence-corrected chi connectivity index (χ1v) is 5.05. The van der Waals surface area contributed by atoms with E-state index in [1.54, 1.807) is 23.1 Å². The van der Waals surface area contributed by atoms with E-state index in [1.165, 1.54) is 0 Å². The molecule has 0 N–H and O–H groups in total. The second-order valence-corrected chi connectivity index (χ2v) is 4.13. The summed E-state index contributed by atoms with van der Waals surface area (Å²) in [5.74, 6) is 0.574. The van der Waals surface area contributed by atoms with E-state index in [0.717, 1.165) is 0 Å². The Balaban J connectivity index is 2.27. The molecule has 1 saturated heterocycles. The van der Waals surface area contributed by atoms with Crippen molar-refractivity contribution in [2.45, 2.75) is 11.8 Å². The lowest BCUT2D eigenvalue weighted by molar-refractivity contribution is -0.117. The standard InChI is InChI=1S/C9H8Cl2N2O/c10-6-4-9(14)13(5-6)8-3-1-2-7(11)12-8/h1-3,6H,4-5H2. The van der Waals surface area contributed by atoms with Crippen molar-refractivity contribution in [3.63, 3.8) is 0 Å². The first kappa shape index (κ1) is 9.74. The number of carbonyl (C=O) groups is 1. The fraction of sp³-hybridized carbons (Fsp3) is 0.333. The average Bonchev–Trinajstić information content (AvgIpc) is 2.45. The van der Waals surface area contributed by atoms with Gasteiger partial charge in [-0.1, -0.05) is 17.7 Å². The largest absolute Gasteiger partial charge is 0.295 e. The topological polar surface area (TPSA) is 33.2 Å². The highest BCUT2D eigenvalue weighted by atomic mass is 35.5. The second kappa shape index (κ2) is 3.75. The number of rotatable bonds is 1. The molecule has 14 heavy (non-hydrogen) atoms. The molecule has 1 fully saturated rings. The summed E-state index contributed by atoms with van der Waals surface area (Å²) in [6.45, 7) is 0.508. The fourth-order valence-electron chi connectivity index (χ4n) is 1.43. The summed E-state index contributed by atoms with van der Waals surface area (Å²) in [5.41, 5.74) is 0. The van der Waals surface area contributed by atoms with Gasteiger partial charge >= 0.3 is 0 Å². The number of hydrogen-bond donors (Lipinski definition) is 0. The van der Waals surface area contributed by atoms with Crippen LogP contribution < -0.4 is 4.90 Å². The number of alkyl halides is 1. The third kappa shape index (κ3) is 1.83. The highest BCUT2D eigenvalue weighted by molar-refractivity contribution is 6.29. The van der Waals surface area contributed by atoms with Crippen LogP contribution in [0.15, 0.2) is 18.2 Å². The molecule has 0 spiro atoms. The first-order valence-electron chi connectivity index (χ1n) is 4.24. The van der Waals surface area contributed by atoms with Gasteiger partial charge in [-0.2, -0.15) is 0 Å². The van der Waals surface area contributed by atoms with Gasteiger partial charge in [-0.05, 0) is 12.1 Å². The lowest BCUT2D eigenvalue weighted by atomic mass is 10.4. The van der Waals surface area contributed by atoms with Gasteiger partial charge in [-0.25, -0.2) is 4.98 Å². The molecule has 0 aromatic carbocycles. The van der Waals surface area contributed by atoms with Crippen LogP contribution >= 0.6 is 23.2 Å². The van der Waals surface area contributed by atoms with E-state index in [2.05, 4.69) is 4.98 Å². The molecule has 1 unspecified atom stereocenters. The van der Waals surface area contributed by atoms with Crippen molar-refractivity contribution in [3.05, 3.63) is 23.4 Å². The minimum absolute atomic E-state index is 0.000216. The minimum Gasteiger partial charge on any atom is -0.295 e. The maximum atomic E-state index is 11.5. The van der Waals surface area contributed by atoms with Crippen LogP contribution in [-0.4, -0.2) is 22.8 Å². The number of hydrogen-bond acceptors (Lipinski definition) is 2. The molecule has 2 heterocycles. The molecule has 3 nitrogen and oxygen atoms in total. The summed E-state index contributed by atoms with van der Waals surface area (Å²) in [7, 11) is 0. The SMILES string of the molecule is O=C1CC(Cl)CN1c1cccc(Cl)n1. The van der Waals surface area contributed by atoms with Crippen LogP contribution in [0.3, 0.4) is 0 Å². The Morgan fingerprint density at radius 1 is 1.50 bits per heavy atom. The fourth-order valence-corrected chi connectivity index (χ4v) is 1.86. The third-order valence-electron chi connectivity index (χ3n) is 2.05. The Kier molecular flexibility index (Phi) is 2.61. The second-order valence-electron chi connectivity index (χ2n) is 3.12. The molecule has 1 atom stereocenters. The van der Waals surface area contributed by atoms with E-state index in [9.17, 15) is 4.79 Å². The Labute approximate surface area is 91.6 Å². The van der Waals surface area contributed by atoms with Crippen LogP contribution in [-0.2, 0) is 4.79 Å². The molecule has 2 rings (SSSR count). The molecule has 1 aliphatic rings. The highest BCUT2D eigenvalue weighted by Crippen LogP contribution is 2.23. The Morgan fingerprint density at radius 3 is 2.86 bits per heavy atom. The van der Waals surface area contributed by atoms with Gasteiger partial charge in [0.1, 0.15) is 11.0 Å². The molecular formula is C9H8Cl2N2O. The molecule has 5 heteroatoms. The zero-order valence-electron chi connectivity index (χ0n) is 7.28. The van der Waals surface area contributed by atoms with Crippen LogP contribution in [0.2, 0.25) is 5.15 Å². The predicted molar refractivity (Wildman–Crippen MR) is 55.9 cm³/mol. The van der Waals surface area contributed by atoms with E-state index in [-0.39, 0.29) is 11.3 Å². The van der Waals surface area contributed by atoms with Gasteiger partial charge in [0.15, 0.2) is 0 Å². The molecular weight excluding hydrogens is 223 g/mol. The summed E-state index contributed by atoms with van der Waals surface area (Å²) >= 11 is 11.6. The van der Waals surface area contributed by atoms with Gasteiger partial charge in [0.25, 0.3) is 0 Å². The van der Waals surface area contributed by atoms with Crippen LogP contribution in [0.25, 0.3) is 0 Å². The number of aromatic nitrogens is 1. The van der Waals surface area contributed by atoms with Crippen molar-refractivity contribution in [1.82, 2.24) is 4.98 Å². The quantitative estimate of drug-likeness (QED) is 0.547. The predicted octanol–water partition coefficient (Wildman–Crippen LogP) is 2.08. The number of pyridine rings is 1. The lowest BCUT2D eigenvalue weighted by Gasteiger charge is -2.14. The molecule has 74 valence electrons. The minimum atomic E-state index is -0.122. The zero-order chi connectivity index (χ0) is 10.1. The van der Waals surface area contributed by atoms with Gasteiger partial charge in [-0.3, -0.25) is 9.69 Å². The first-order chi connectivity index (χ1) is 6.66. The normalized spacial score (nSPS) is 21.7. The van der Waals surface area contributed by atoms with E-state index in [1.807, 2.05) is 0 Å². The van der Waals surface area contributed by atoms with E-state index >= 15 is 0 Å². The van der Waals surface area contributed by atoms with E-state index < -0.39 is 0 Å². The number of halogens is 2. The third-order valence-corrected chi connectivity index (χ3v) is 2.56. The summed E-state index contributed by atoms with van der Waals surface area (Å²) in [6.07, 6.45) is 0.371. The molecule has 1 aliphatic heterocycles. The molecule has 0 bridgehead atoms. The highest BCUT2D eigenvalue weighted by Gasteiger charge is 2.29. The van der Waals surface area contributed by atoms with E-state index in [4.69, 9.17) is 23.2 Å². The Hall–Kier alpha value is -0.800.